The summed E-state index contributed by atoms with van der Waals surface area (Å²) in [5.74, 6) is 0.252. The van der Waals surface area contributed by atoms with Crippen molar-refractivity contribution in [1.29, 1.82) is 0 Å². The van der Waals surface area contributed by atoms with Crippen molar-refractivity contribution in [3.8, 4) is 0 Å². The van der Waals surface area contributed by atoms with Gasteiger partial charge in [0.25, 0.3) is 0 Å². The highest BCUT2D eigenvalue weighted by Crippen LogP contribution is 2.18. The van der Waals surface area contributed by atoms with E-state index in [2.05, 4.69) is 35.0 Å². The minimum Gasteiger partial charge on any atom is -0.340 e. The van der Waals surface area contributed by atoms with E-state index in [1.165, 1.54) is 5.56 Å². The Morgan fingerprint density at radius 3 is 2.74 bits per heavy atom. The third-order valence-electron chi connectivity index (χ3n) is 3.78. The van der Waals surface area contributed by atoms with Gasteiger partial charge in [-0.25, -0.2) is 0 Å². The lowest BCUT2D eigenvalue weighted by atomic mass is 9.98. The van der Waals surface area contributed by atoms with Crippen LogP contribution in [0.1, 0.15) is 31.7 Å². The van der Waals surface area contributed by atoms with Gasteiger partial charge in [0.05, 0.1) is 0 Å². The zero-order valence-corrected chi connectivity index (χ0v) is 12.9. The SMILES string of the molecule is C[C@H]1C[C@H](N)CCN1C(=O)CCc1ccc(Br)cc1. The number of hydrogen-bond acceptors (Lipinski definition) is 2. The highest BCUT2D eigenvalue weighted by molar-refractivity contribution is 9.10. The molecule has 3 nitrogen and oxygen atoms in total. The van der Waals surface area contributed by atoms with Gasteiger partial charge in [-0.05, 0) is 43.9 Å². The summed E-state index contributed by atoms with van der Waals surface area (Å²) in [4.78, 5) is 14.2. The first-order valence-electron chi connectivity index (χ1n) is 6.86. The van der Waals surface area contributed by atoms with Crippen molar-refractivity contribution in [3.05, 3.63) is 34.3 Å². The molecule has 19 heavy (non-hydrogen) atoms. The van der Waals surface area contributed by atoms with Crippen molar-refractivity contribution < 1.29 is 4.79 Å². The molecule has 0 aliphatic carbocycles. The highest BCUT2D eigenvalue weighted by Gasteiger charge is 2.26. The predicted octanol–water partition coefficient (Wildman–Crippen LogP) is 2.72. The van der Waals surface area contributed by atoms with Gasteiger partial charge >= 0.3 is 0 Å². The number of piperidine rings is 1. The Hall–Kier alpha value is -0.870. The summed E-state index contributed by atoms with van der Waals surface area (Å²) in [6, 6.07) is 8.69. The number of rotatable bonds is 3. The van der Waals surface area contributed by atoms with Crippen molar-refractivity contribution >= 4 is 21.8 Å². The van der Waals surface area contributed by atoms with E-state index in [9.17, 15) is 4.79 Å². The van der Waals surface area contributed by atoms with E-state index in [1.807, 2.05) is 17.0 Å². The molecule has 1 heterocycles. The molecule has 0 saturated carbocycles. The van der Waals surface area contributed by atoms with Crippen LogP contribution in [0.3, 0.4) is 0 Å². The quantitative estimate of drug-likeness (QED) is 0.929. The molecule has 2 atom stereocenters. The number of hydrogen-bond donors (Lipinski definition) is 1. The van der Waals surface area contributed by atoms with Gasteiger partial charge in [-0.3, -0.25) is 4.79 Å². The van der Waals surface area contributed by atoms with E-state index in [0.717, 1.165) is 30.3 Å². The molecule has 4 heteroatoms. The van der Waals surface area contributed by atoms with E-state index in [1.54, 1.807) is 0 Å². The van der Waals surface area contributed by atoms with Crippen molar-refractivity contribution in [2.24, 2.45) is 5.73 Å². The van der Waals surface area contributed by atoms with Crippen LogP contribution in [-0.4, -0.2) is 29.4 Å². The molecule has 1 aromatic carbocycles. The number of benzene rings is 1. The highest BCUT2D eigenvalue weighted by atomic mass is 79.9. The molecule has 0 spiro atoms. The Balaban J connectivity index is 1.85. The lowest BCUT2D eigenvalue weighted by Crippen LogP contribution is -2.48. The second kappa shape index (κ2) is 6.53. The van der Waals surface area contributed by atoms with Gasteiger partial charge in [0.2, 0.25) is 5.91 Å². The molecule has 2 rings (SSSR count). The van der Waals surface area contributed by atoms with E-state index >= 15 is 0 Å². The Labute approximate surface area is 123 Å². The summed E-state index contributed by atoms with van der Waals surface area (Å²) in [6.45, 7) is 2.90. The molecule has 1 saturated heterocycles. The number of carbonyl (C=O) groups excluding carboxylic acids is 1. The first-order valence-corrected chi connectivity index (χ1v) is 7.65. The van der Waals surface area contributed by atoms with Crippen LogP contribution in [0.15, 0.2) is 28.7 Å². The van der Waals surface area contributed by atoms with Gasteiger partial charge < -0.3 is 10.6 Å². The summed E-state index contributed by atoms with van der Waals surface area (Å²) in [5.41, 5.74) is 7.13. The van der Waals surface area contributed by atoms with Gasteiger partial charge in [0, 0.05) is 29.5 Å². The summed E-state index contributed by atoms with van der Waals surface area (Å²) in [5, 5.41) is 0. The molecule has 1 aliphatic heterocycles. The fourth-order valence-electron chi connectivity index (χ4n) is 2.62. The fraction of sp³-hybridized carbons (Fsp3) is 0.533. The molecule has 1 aliphatic rings. The Bertz CT molecular complexity index is 432. The largest absolute Gasteiger partial charge is 0.340 e. The zero-order valence-electron chi connectivity index (χ0n) is 11.3. The first-order chi connectivity index (χ1) is 9.06. The molecule has 1 fully saturated rings. The van der Waals surface area contributed by atoms with Crippen LogP contribution in [-0.2, 0) is 11.2 Å². The summed E-state index contributed by atoms with van der Waals surface area (Å²) >= 11 is 3.41. The van der Waals surface area contributed by atoms with Gasteiger partial charge in [-0.1, -0.05) is 28.1 Å². The molecule has 1 aromatic rings. The molecule has 0 aromatic heterocycles. The van der Waals surface area contributed by atoms with Crippen LogP contribution in [0.5, 0.6) is 0 Å². The van der Waals surface area contributed by atoms with Crippen LogP contribution < -0.4 is 5.73 Å². The topological polar surface area (TPSA) is 46.3 Å². The minimum absolute atomic E-state index is 0.252. The van der Waals surface area contributed by atoms with Gasteiger partial charge in [0.15, 0.2) is 0 Å². The maximum atomic E-state index is 12.2. The Morgan fingerprint density at radius 1 is 1.42 bits per heavy atom. The van der Waals surface area contributed by atoms with Gasteiger partial charge in [0.1, 0.15) is 0 Å². The number of nitrogens with two attached hydrogens (primary N) is 1. The normalized spacial score (nSPS) is 23.4. The standard InChI is InChI=1S/C15H21BrN2O/c1-11-10-14(17)8-9-18(11)15(19)7-4-12-2-5-13(16)6-3-12/h2-3,5-6,11,14H,4,7-10,17H2,1H3/t11-,14+/m0/s1. The van der Waals surface area contributed by atoms with E-state index in [-0.39, 0.29) is 18.0 Å². The van der Waals surface area contributed by atoms with Crippen LogP contribution in [0.2, 0.25) is 0 Å². The molecular weight excluding hydrogens is 304 g/mol. The van der Waals surface area contributed by atoms with Gasteiger partial charge in [-0.15, -0.1) is 0 Å². The molecule has 2 N–H and O–H groups in total. The monoisotopic (exact) mass is 324 g/mol. The average molecular weight is 325 g/mol. The second-order valence-electron chi connectivity index (χ2n) is 5.35. The van der Waals surface area contributed by atoms with Crippen LogP contribution >= 0.6 is 15.9 Å². The zero-order chi connectivity index (χ0) is 13.8. The molecule has 0 bridgehead atoms. The molecule has 1 amide bonds. The Kier molecular flexibility index (Phi) is 4.99. The second-order valence-corrected chi connectivity index (χ2v) is 6.26. The molecule has 0 unspecified atom stereocenters. The number of aryl methyl sites for hydroxylation is 1. The lowest BCUT2D eigenvalue weighted by molar-refractivity contribution is -0.134. The maximum absolute atomic E-state index is 12.2. The van der Waals surface area contributed by atoms with Crippen molar-refractivity contribution in [1.82, 2.24) is 4.90 Å². The van der Waals surface area contributed by atoms with E-state index in [0.29, 0.717) is 6.42 Å². The van der Waals surface area contributed by atoms with E-state index < -0.39 is 0 Å². The fourth-order valence-corrected chi connectivity index (χ4v) is 2.89. The van der Waals surface area contributed by atoms with Crippen molar-refractivity contribution in [2.75, 3.05) is 6.54 Å². The number of likely N-dealkylation sites (tertiary alicyclic amines) is 1. The number of carbonyl (C=O) groups is 1. The minimum atomic E-state index is 0.252. The average Bonchev–Trinajstić information content (AvgIpc) is 2.37. The summed E-state index contributed by atoms with van der Waals surface area (Å²) in [6.07, 6.45) is 3.24. The predicted molar refractivity (Wildman–Crippen MR) is 80.8 cm³/mol. The summed E-state index contributed by atoms with van der Waals surface area (Å²) in [7, 11) is 0. The third kappa shape index (κ3) is 4.05. The van der Waals surface area contributed by atoms with Crippen molar-refractivity contribution in [2.45, 2.75) is 44.7 Å². The smallest absolute Gasteiger partial charge is 0.223 e. The number of halogens is 1. The van der Waals surface area contributed by atoms with Crippen molar-refractivity contribution in [3.63, 3.8) is 0 Å². The number of nitrogens with zero attached hydrogens (tertiary/aromatic N) is 1. The molecule has 104 valence electrons. The molecule has 0 radical (unpaired) electrons. The summed E-state index contributed by atoms with van der Waals surface area (Å²) < 4.78 is 1.07. The maximum Gasteiger partial charge on any atom is 0.223 e. The first kappa shape index (κ1) is 14.5. The lowest BCUT2D eigenvalue weighted by Gasteiger charge is -2.36. The van der Waals surface area contributed by atoms with Crippen LogP contribution in [0.4, 0.5) is 0 Å². The van der Waals surface area contributed by atoms with Crippen LogP contribution in [0, 0.1) is 0 Å². The van der Waals surface area contributed by atoms with E-state index in [4.69, 9.17) is 5.73 Å². The molecular formula is C15H21BrN2O. The number of amides is 1. The third-order valence-corrected chi connectivity index (χ3v) is 4.31. The van der Waals surface area contributed by atoms with Gasteiger partial charge in [-0.2, -0.15) is 0 Å². The Morgan fingerprint density at radius 2 is 2.11 bits per heavy atom. The van der Waals surface area contributed by atoms with Crippen LogP contribution in [0.25, 0.3) is 0 Å².